The second-order valence-electron chi connectivity index (χ2n) is 1.47. The average Bonchev–Trinajstić information content (AvgIpc) is 1.93. The van der Waals surface area contributed by atoms with Crippen molar-refractivity contribution in [3.05, 3.63) is 0 Å². The van der Waals surface area contributed by atoms with E-state index >= 15 is 0 Å². The molecule has 1 saturated heterocycles. The van der Waals surface area contributed by atoms with Gasteiger partial charge in [0.05, 0.1) is 0 Å². The highest BCUT2D eigenvalue weighted by atomic mass is 31.2. The molecule has 0 bridgehead atoms. The van der Waals surface area contributed by atoms with Crippen molar-refractivity contribution < 1.29 is 22.5 Å². The van der Waals surface area contributed by atoms with Crippen molar-refractivity contribution in [1.29, 1.82) is 0 Å². The second-order valence-corrected chi connectivity index (χ2v) is 3.49. The van der Waals surface area contributed by atoms with Crippen molar-refractivity contribution in [1.82, 2.24) is 0 Å². The zero-order valence-corrected chi connectivity index (χ0v) is 6.59. The Morgan fingerprint density at radius 2 is 2.10 bits per heavy atom. The molecule has 0 aromatic rings. The van der Waals surface area contributed by atoms with Crippen molar-refractivity contribution in [2.75, 3.05) is 6.61 Å². The molecule has 0 amide bonds. The summed E-state index contributed by atoms with van der Waals surface area (Å²) >= 11 is 0. The van der Waals surface area contributed by atoms with Gasteiger partial charge in [-0.1, -0.05) is 4.52 Å². The topological polar surface area (TPSA) is 87.9 Å². The van der Waals surface area contributed by atoms with Crippen LogP contribution in [0.2, 0.25) is 0 Å². The van der Waals surface area contributed by atoms with Gasteiger partial charge in [-0.15, -0.1) is 4.52 Å². The molecule has 10 heavy (non-hydrogen) atoms. The number of hydrogen-bond acceptors (Lipinski definition) is 6. The van der Waals surface area contributed by atoms with E-state index in [9.17, 15) is 9.13 Å². The summed E-state index contributed by atoms with van der Waals surface area (Å²) in [6, 6.07) is 0. The van der Waals surface area contributed by atoms with E-state index in [1.807, 2.05) is 0 Å². The summed E-state index contributed by atoms with van der Waals surface area (Å²) in [5.41, 5.74) is 5.15. The molecule has 0 radical (unpaired) electrons. The molecule has 1 aliphatic heterocycles. The van der Waals surface area contributed by atoms with E-state index in [0.29, 0.717) is 0 Å². The summed E-state index contributed by atoms with van der Waals surface area (Å²) in [5, 5.41) is 0. The normalized spacial score (nSPS) is 35.5. The first-order valence-corrected chi connectivity index (χ1v) is 4.55. The van der Waals surface area contributed by atoms with Crippen molar-refractivity contribution in [2.45, 2.75) is 6.23 Å². The van der Waals surface area contributed by atoms with Gasteiger partial charge in [0.25, 0.3) is 0 Å². The van der Waals surface area contributed by atoms with Crippen molar-refractivity contribution in [3.8, 4) is 0 Å². The minimum absolute atomic E-state index is 0.0731. The van der Waals surface area contributed by atoms with Crippen LogP contribution in [0, 0.1) is 0 Å². The predicted molar refractivity (Wildman–Crippen MR) is 31.3 cm³/mol. The smallest absolute Gasteiger partial charge is 0.300 e. The van der Waals surface area contributed by atoms with Gasteiger partial charge in [0, 0.05) is 9.13 Å². The molecule has 8 heteroatoms. The van der Waals surface area contributed by atoms with E-state index in [-0.39, 0.29) is 6.61 Å². The summed E-state index contributed by atoms with van der Waals surface area (Å²) in [7, 11) is -4.70. The van der Waals surface area contributed by atoms with Gasteiger partial charge >= 0.3 is 16.5 Å². The molecular formula is C2H5NO5P2+2. The summed E-state index contributed by atoms with van der Waals surface area (Å²) in [4.78, 5) is 0. The van der Waals surface area contributed by atoms with E-state index in [1.54, 1.807) is 0 Å². The molecule has 0 aromatic carbocycles. The number of hydrogen-bond donors (Lipinski definition) is 1. The molecule has 1 fully saturated rings. The Bertz CT molecular complexity index is 171. The molecule has 56 valence electrons. The lowest BCUT2D eigenvalue weighted by molar-refractivity contribution is 0.155. The molecule has 1 rings (SSSR count). The van der Waals surface area contributed by atoms with Crippen LogP contribution in [0.3, 0.4) is 0 Å². The third-order valence-corrected chi connectivity index (χ3v) is 2.57. The first kappa shape index (κ1) is 8.14. The summed E-state index contributed by atoms with van der Waals surface area (Å²) in [6.45, 7) is -0.0731. The third-order valence-electron chi connectivity index (χ3n) is 0.699. The predicted octanol–water partition coefficient (Wildman–Crippen LogP) is 0.649. The maximum Gasteiger partial charge on any atom is 0.749 e. The van der Waals surface area contributed by atoms with Gasteiger partial charge in [0.1, 0.15) is 6.61 Å². The minimum Gasteiger partial charge on any atom is -0.300 e. The fourth-order valence-corrected chi connectivity index (χ4v) is 1.70. The van der Waals surface area contributed by atoms with Crippen LogP contribution in [-0.4, -0.2) is 12.8 Å². The molecule has 3 unspecified atom stereocenters. The van der Waals surface area contributed by atoms with E-state index < -0.39 is 22.7 Å². The lowest BCUT2D eigenvalue weighted by atomic mass is 10.7. The van der Waals surface area contributed by atoms with Gasteiger partial charge in [-0.25, -0.2) is 0 Å². The molecule has 0 aromatic heterocycles. The van der Waals surface area contributed by atoms with Gasteiger partial charge in [-0.2, -0.15) is 0 Å². The Morgan fingerprint density at radius 3 is 2.80 bits per heavy atom. The monoisotopic (exact) mass is 185 g/mol. The molecule has 2 N–H and O–H groups in total. The van der Waals surface area contributed by atoms with Crippen LogP contribution in [0.25, 0.3) is 0 Å². The van der Waals surface area contributed by atoms with Crippen molar-refractivity contribution in [3.63, 3.8) is 0 Å². The first-order chi connectivity index (χ1) is 4.68. The number of nitrogens with two attached hydrogens (primary N) is 1. The molecule has 3 atom stereocenters. The van der Waals surface area contributed by atoms with E-state index in [2.05, 4.69) is 13.4 Å². The largest absolute Gasteiger partial charge is 0.749 e. The van der Waals surface area contributed by atoms with E-state index in [4.69, 9.17) is 5.73 Å². The Morgan fingerprint density at radius 1 is 1.40 bits per heavy atom. The fourth-order valence-electron chi connectivity index (χ4n) is 0.373. The standard InChI is InChI=1S/C2H5NO5P2/c3-2-1-6-9(4)8-10(5)7-2/h2H,1,3H2/q+2. The quantitative estimate of drug-likeness (QED) is 0.557. The third kappa shape index (κ3) is 2.34. The maximum atomic E-state index is 10.5. The molecule has 6 nitrogen and oxygen atoms in total. The maximum absolute atomic E-state index is 10.5. The summed E-state index contributed by atoms with van der Waals surface area (Å²) < 4.78 is 33.9. The van der Waals surface area contributed by atoms with Crippen LogP contribution >= 0.6 is 16.5 Å². The average molecular weight is 185 g/mol. The Labute approximate surface area is 58.5 Å². The van der Waals surface area contributed by atoms with Crippen LogP contribution in [0.1, 0.15) is 0 Å². The highest BCUT2D eigenvalue weighted by molar-refractivity contribution is 7.47. The molecule has 1 aliphatic rings. The van der Waals surface area contributed by atoms with Gasteiger partial charge in [0.2, 0.25) is 0 Å². The van der Waals surface area contributed by atoms with E-state index in [1.165, 1.54) is 0 Å². The van der Waals surface area contributed by atoms with Crippen LogP contribution in [0.15, 0.2) is 0 Å². The van der Waals surface area contributed by atoms with Gasteiger partial charge < -0.3 is 0 Å². The highest BCUT2D eigenvalue weighted by Gasteiger charge is 2.45. The SMILES string of the molecule is NC1CO[P+](=O)O[P+](=O)O1. The first-order valence-electron chi connectivity index (χ1n) is 2.36. The Balaban J connectivity index is 2.54. The molecule has 0 saturated carbocycles. The van der Waals surface area contributed by atoms with Crippen LogP contribution in [-0.2, 0) is 22.5 Å². The van der Waals surface area contributed by atoms with E-state index in [0.717, 1.165) is 0 Å². The Kier molecular flexibility index (Phi) is 2.80. The van der Waals surface area contributed by atoms with Crippen molar-refractivity contribution in [2.24, 2.45) is 5.73 Å². The zero-order chi connectivity index (χ0) is 7.56. The van der Waals surface area contributed by atoms with Crippen LogP contribution in [0.5, 0.6) is 0 Å². The van der Waals surface area contributed by atoms with Gasteiger partial charge in [-0.3, -0.25) is 5.73 Å². The zero-order valence-electron chi connectivity index (χ0n) is 4.80. The lowest BCUT2D eigenvalue weighted by Gasteiger charge is -1.90. The summed E-state index contributed by atoms with van der Waals surface area (Å²) in [5.74, 6) is 0. The van der Waals surface area contributed by atoms with Gasteiger partial charge in [0.15, 0.2) is 10.5 Å². The molecule has 0 spiro atoms. The molecular weight excluding hydrogens is 180 g/mol. The van der Waals surface area contributed by atoms with Crippen molar-refractivity contribution >= 4 is 16.5 Å². The molecule has 1 heterocycles. The second kappa shape index (κ2) is 3.44. The molecule has 0 aliphatic carbocycles. The van der Waals surface area contributed by atoms with Crippen LogP contribution < -0.4 is 5.73 Å². The lowest BCUT2D eigenvalue weighted by Crippen LogP contribution is -2.24. The highest BCUT2D eigenvalue weighted by Crippen LogP contribution is 2.42. The van der Waals surface area contributed by atoms with Gasteiger partial charge in [-0.05, 0) is 0 Å². The Hall–Kier alpha value is 0.0400. The minimum atomic E-state index is -2.38. The summed E-state index contributed by atoms with van der Waals surface area (Å²) in [6.07, 6.45) is -0.829. The fraction of sp³-hybridized carbons (Fsp3) is 1.00. The van der Waals surface area contributed by atoms with Crippen LogP contribution in [0.4, 0.5) is 0 Å². The number of rotatable bonds is 0.